The maximum Gasteiger partial charge on any atom is 0.265 e. The number of aryl methyl sites for hydroxylation is 1. The second-order valence-corrected chi connectivity index (χ2v) is 6.25. The van der Waals surface area contributed by atoms with E-state index in [9.17, 15) is 4.79 Å². The van der Waals surface area contributed by atoms with Crippen LogP contribution in [-0.4, -0.2) is 45.0 Å². The zero-order valence-corrected chi connectivity index (χ0v) is 14.0. The van der Waals surface area contributed by atoms with Crippen LogP contribution >= 0.6 is 11.3 Å². The average Bonchev–Trinajstić information content (AvgIpc) is 3.13. The number of fused-ring (bicyclic) bond motifs is 1. The molecule has 0 atom stereocenters. The molecule has 23 heavy (non-hydrogen) atoms. The summed E-state index contributed by atoms with van der Waals surface area (Å²) in [4.78, 5) is 20.4. The SMILES string of the molecule is CCN(CCO)C(=O)c1sc2nc(-c3ccccc3)cn2c1C. The molecule has 5 nitrogen and oxygen atoms in total. The molecule has 0 saturated heterocycles. The summed E-state index contributed by atoms with van der Waals surface area (Å²) in [5, 5.41) is 9.09. The highest BCUT2D eigenvalue weighted by molar-refractivity contribution is 7.19. The first kappa shape index (κ1) is 15.7. The van der Waals surface area contributed by atoms with Gasteiger partial charge >= 0.3 is 0 Å². The summed E-state index contributed by atoms with van der Waals surface area (Å²) in [5.74, 6) is -0.0455. The minimum absolute atomic E-state index is 0.0285. The maximum absolute atomic E-state index is 12.6. The number of thiazole rings is 1. The van der Waals surface area contributed by atoms with Crippen molar-refractivity contribution in [3.05, 3.63) is 47.1 Å². The van der Waals surface area contributed by atoms with E-state index >= 15 is 0 Å². The molecule has 0 unspecified atom stereocenters. The second kappa shape index (κ2) is 6.52. The fourth-order valence-corrected chi connectivity index (χ4v) is 3.64. The Hall–Kier alpha value is -2.18. The first-order valence-corrected chi connectivity index (χ1v) is 8.41. The summed E-state index contributed by atoms with van der Waals surface area (Å²) in [6, 6.07) is 9.99. The quantitative estimate of drug-likeness (QED) is 0.783. The van der Waals surface area contributed by atoms with Gasteiger partial charge in [-0.3, -0.25) is 9.20 Å². The number of carbonyl (C=O) groups is 1. The van der Waals surface area contributed by atoms with Gasteiger partial charge in [0.25, 0.3) is 5.91 Å². The Morgan fingerprint density at radius 3 is 2.70 bits per heavy atom. The molecule has 1 amide bonds. The number of aromatic nitrogens is 2. The highest BCUT2D eigenvalue weighted by Crippen LogP contribution is 2.27. The predicted octanol–water partition coefficient (Wildman–Crippen LogP) is 2.83. The van der Waals surface area contributed by atoms with Gasteiger partial charge < -0.3 is 10.0 Å². The molecule has 0 saturated carbocycles. The molecule has 0 spiro atoms. The molecule has 0 aliphatic carbocycles. The number of benzene rings is 1. The van der Waals surface area contributed by atoms with E-state index in [0.29, 0.717) is 18.0 Å². The number of amides is 1. The Balaban J connectivity index is 1.97. The van der Waals surface area contributed by atoms with Crippen molar-refractivity contribution in [1.29, 1.82) is 0 Å². The predicted molar refractivity (Wildman–Crippen MR) is 91.9 cm³/mol. The summed E-state index contributed by atoms with van der Waals surface area (Å²) in [7, 11) is 0. The monoisotopic (exact) mass is 329 g/mol. The molecule has 0 bridgehead atoms. The van der Waals surface area contributed by atoms with Gasteiger partial charge in [-0.05, 0) is 13.8 Å². The van der Waals surface area contributed by atoms with Gasteiger partial charge in [-0.1, -0.05) is 41.7 Å². The van der Waals surface area contributed by atoms with Crippen molar-refractivity contribution in [3.63, 3.8) is 0 Å². The van der Waals surface area contributed by atoms with Crippen molar-refractivity contribution in [2.24, 2.45) is 0 Å². The van der Waals surface area contributed by atoms with E-state index in [2.05, 4.69) is 4.98 Å². The van der Waals surface area contributed by atoms with Gasteiger partial charge in [0.1, 0.15) is 4.88 Å². The van der Waals surface area contributed by atoms with Gasteiger partial charge in [0.05, 0.1) is 12.3 Å². The largest absolute Gasteiger partial charge is 0.395 e. The molecule has 0 aliphatic rings. The van der Waals surface area contributed by atoms with Crippen LogP contribution in [0.25, 0.3) is 16.2 Å². The highest BCUT2D eigenvalue weighted by atomic mass is 32.1. The van der Waals surface area contributed by atoms with Gasteiger partial charge in [0.2, 0.25) is 0 Å². The minimum Gasteiger partial charge on any atom is -0.395 e. The molecule has 3 rings (SSSR count). The summed E-state index contributed by atoms with van der Waals surface area (Å²) < 4.78 is 1.97. The van der Waals surface area contributed by atoms with Crippen LogP contribution in [0.3, 0.4) is 0 Å². The van der Waals surface area contributed by atoms with Gasteiger partial charge in [0.15, 0.2) is 4.96 Å². The molecule has 120 valence electrons. The van der Waals surface area contributed by atoms with Gasteiger partial charge in [-0.2, -0.15) is 0 Å². The molecule has 2 heterocycles. The van der Waals surface area contributed by atoms with Crippen LogP contribution in [0.4, 0.5) is 0 Å². The second-order valence-electron chi connectivity index (χ2n) is 5.27. The van der Waals surface area contributed by atoms with Crippen LogP contribution in [0.2, 0.25) is 0 Å². The Bertz CT molecular complexity index is 823. The Kier molecular flexibility index (Phi) is 4.45. The lowest BCUT2D eigenvalue weighted by Crippen LogP contribution is -2.33. The molecule has 0 radical (unpaired) electrons. The third-order valence-corrected chi connectivity index (χ3v) is 5.00. The van der Waals surface area contributed by atoms with Crippen molar-refractivity contribution >= 4 is 22.2 Å². The van der Waals surface area contributed by atoms with E-state index < -0.39 is 0 Å². The maximum atomic E-state index is 12.6. The molecule has 0 aliphatic heterocycles. The number of nitrogens with zero attached hydrogens (tertiary/aromatic N) is 3. The molecule has 0 fully saturated rings. The molecule has 3 aromatic rings. The number of likely N-dealkylation sites (N-methyl/N-ethyl adjacent to an activating group) is 1. The highest BCUT2D eigenvalue weighted by Gasteiger charge is 2.21. The van der Waals surface area contributed by atoms with E-state index in [1.54, 1.807) is 4.90 Å². The fourth-order valence-electron chi connectivity index (χ4n) is 2.56. The Labute approximate surface area is 138 Å². The van der Waals surface area contributed by atoms with Crippen LogP contribution in [0, 0.1) is 6.92 Å². The molecule has 1 N–H and O–H groups in total. The van der Waals surface area contributed by atoms with E-state index in [1.807, 2.05) is 54.8 Å². The molecule has 6 heteroatoms. The summed E-state index contributed by atoms with van der Waals surface area (Å²) in [6.45, 7) is 4.74. The zero-order chi connectivity index (χ0) is 16.4. The summed E-state index contributed by atoms with van der Waals surface area (Å²) >= 11 is 1.40. The van der Waals surface area contributed by atoms with Crippen molar-refractivity contribution in [2.75, 3.05) is 19.7 Å². The van der Waals surface area contributed by atoms with E-state index in [0.717, 1.165) is 21.9 Å². The lowest BCUT2D eigenvalue weighted by atomic mass is 10.2. The van der Waals surface area contributed by atoms with E-state index in [4.69, 9.17) is 5.11 Å². The van der Waals surface area contributed by atoms with Crippen LogP contribution in [0.1, 0.15) is 22.3 Å². The topological polar surface area (TPSA) is 57.8 Å². The van der Waals surface area contributed by atoms with Crippen LogP contribution in [0.15, 0.2) is 36.5 Å². The number of aliphatic hydroxyl groups is 1. The summed E-state index contributed by atoms with van der Waals surface area (Å²) in [5.41, 5.74) is 2.86. The van der Waals surface area contributed by atoms with E-state index in [1.165, 1.54) is 11.3 Å². The Morgan fingerprint density at radius 2 is 2.09 bits per heavy atom. The summed E-state index contributed by atoms with van der Waals surface area (Å²) in [6.07, 6.45) is 1.97. The third kappa shape index (κ3) is 2.87. The molecular formula is C17H19N3O2S. The Morgan fingerprint density at radius 1 is 1.35 bits per heavy atom. The number of hydrogen-bond acceptors (Lipinski definition) is 4. The zero-order valence-electron chi connectivity index (χ0n) is 13.2. The van der Waals surface area contributed by atoms with Crippen LogP contribution < -0.4 is 0 Å². The van der Waals surface area contributed by atoms with Crippen molar-refractivity contribution < 1.29 is 9.90 Å². The van der Waals surface area contributed by atoms with E-state index in [-0.39, 0.29) is 12.5 Å². The first-order chi connectivity index (χ1) is 11.2. The minimum atomic E-state index is -0.0455. The number of imidazole rings is 1. The number of aliphatic hydroxyl groups excluding tert-OH is 1. The fraction of sp³-hybridized carbons (Fsp3) is 0.294. The van der Waals surface area contributed by atoms with Gasteiger partial charge in [-0.25, -0.2) is 4.98 Å². The van der Waals surface area contributed by atoms with Crippen LogP contribution in [-0.2, 0) is 0 Å². The van der Waals surface area contributed by atoms with Gasteiger partial charge in [0, 0.05) is 30.5 Å². The average molecular weight is 329 g/mol. The van der Waals surface area contributed by atoms with Crippen molar-refractivity contribution in [1.82, 2.24) is 14.3 Å². The number of carbonyl (C=O) groups excluding carboxylic acids is 1. The standard InChI is InChI=1S/C17H19N3O2S/c1-3-19(9-10-21)16(22)15-12(2)20-11-14(18-17(20)23-15)13-7-5-4-6-8-13/h4-8,11,21H,3,9-10H2,1-2H3. The van der Waals surface area contributed by atoms with Crippen molar-refractivity contribution in [2.45, 2.75) is 13.8 Å². The van der Waals surface area contributed by atoms with Crippen molar-refractivity contribution in [3.8, 4) is 11.3 Å². The number of rotatable bonds is 5. The lowest BCUT2D eigenvalue weighted by molar-refractivity contribution is 0.0735. The normalized spacial score (nSPS) is 11.1. The first-order valence-electron chi connectivity index (χ1n) is 7.59. The van der Waals surface area contributed by atoms with Gasteiger partial charge in [-0.15, -0.1) is 0 Å². The number of hydrogen-bond donors (Lipinski definition) is 1. The third-order valence-electron chi connectivity index (χ3n) is 3.86. The molecule has 2 aromatic heterocycles. The van der Waals surface area contributed by atoms with Crippen LogP contribution in [0.5, 0.6) is 0 Å². The molecular weight excluding hydrogens is 310 g/mol. The lowest BCUT2D eigenvalue weighted by Gasteiger charge is -2.18. The molecule has 1 aromatic carbocycles. The smallest absolute Gasteiger partial charge is 0.265 e.